The van der Waals surface area contributed by atoms with Gasteiger partial charge in [0.1, 0.15) is 11.4 Å². The molecule has 6 heteroatoms. The lowest BCUT2D eigenvalue weighted by Gasteiger charge is -2.21. The van der Waals surface area contributed by atoms with Crippen molar-refractivity contribution in [2.24, 2.45) is 0 Å². The van der Waals surface area contributed by atoms with Crippen molar-refractivity contribution in [1.29, 1.82) is 0 Å². The molecular formula is C16H19N3O3. The number of aliphatic hydroxyl groups excluding tert-OH is 1. The third kappa shape index (κ3) is 2.57. The Bertz CT molecular complexity index is 668. The molecule has 0 saturated carbocycles. The van der Waals surface area contributed by atoms with Crippen LogP contribution in [-0.4, -0.2) is 52.4 Å². The molecule has 1 aromatic heterocycles. The Kier molecular flexibility index (Phi) is 4.11. The van der Waals surface area contributed by atoms with Gasteiger partial charge in [-0.3, -0.25) is 9.89 Å². The number of H-pyrrole nitrogens is 1. The molecule has 2 heterocycles. The number of para-hydroxylation sites is 1. The second kappa shape index (κ2) is 6.19. The minimum atomic E-state index is -0.120. The third-order valence-electron chi connectivity index (χ3n) is 4.04. The maximum absolute atomic E-state index is 12.5. The molecule has 1 saturated heterocycles. The molecule has 22 heavy (non-hydrogen) atoms. The first kappa shape index (κ1) is 14.6. The van der Waals surface area contributed by atoms with Crippen molar-refractivity contribution in [2.45, 2.75) is 18.9 Å². The van der Waals surface area contributed by atoms with Crippen LogP contribution in [0, 0.1) is 0 Å². The highest BCUT2D eigenvalue weighted by Gasteiger charge is 2.29. The van der Waals surface area contributed by atoms with Crippen molar-refractivity contribution in [3.8, 4) is 17.0 Å². The SMILES string of the molecule is COc1ccccc1-c1cc(C(=O)N2CCCC2CO)[nH]n1. The topological polar surface area (TPSA) is 78.5 Å². The Morgan fingerprint density at radius 3 is 3.09 bits per heavy atom. The second-order valence-corrected chi connectivity index (χ2v) is 5.34. The van der Waals surface area contributed by atoms with Crippen molar-refractivity contribution in [2.75, 3.05) is 20.3 Å². The summed E-state index contributed by atoms with van der Waals surface area (Å²) in [6.07, 6.45) is 1.76. The van der Waals surface area contributed by atoms with Crippen molar-refractivity contribution in [3.05, 3.63) is 36.0 Å². The van der Waals surface area contributed by atoms with Gasteiger partial charge in [0.15, 0.2) is 0 Å². The molecule has 0 aliphatic carbocycles. The molecule has 1 aliphatic heterocycles. The lowest BCUT2D eigenvalue weighted by Crippen LogP contribution is -2.37. The quantitative estimate of drug-likeness (QED) is 0.900. The minimum absolute atomic E-state index is 0.000752. The lowest BCUT2D eigenvalue weighted by atomic mass is 10.1. The fourth-order valence-corrected chi connectivity index (χ4v) is 2.87. The van der Waals surface area contributed by atoms with Crippen LogP contribution in [0.4, 0.5) is 0 Å². The molecule has 1 aromatic carbocycles. The number of aromatic nitrogens is 2. The number of likely N-dealkylation sites (tertiary alicyclic amines) is 1. The monoisotopic (exact) mass is 301 g/mol. The summed E-state index contributed by atoms with van der Waals surface area (Å²) in [5.74, 6) is 0.590. The molecule has 1 amide bonds. The van der Waals surface area contributed by atoms with Gasteiger partial charge in [0.05, 0.1) is 25.5 Å². The second-order valence-electron chi connectivity index (χ2n) is 5.34. The van der Waals surface area contributed by atoms with E-state index in [1.807, 2.05) is 24.3 Å². The molecule has 0 spiro atoms. The van der Waals surface area contributed by atoms with Gasteiger partial charge in [0, 0.05) is 12.1 Å². The maximum atomic E-state index is 12.5. The molecule has 1 atom stereocenters. The minimum Gasteiger partial charge on any atom is -0.496 e. The summed E-state index contributed by atoms with van der Waals surface area (Å²) >= 11 is 0. The van der Waals surface area contributed by atoms with Crippen molar-refractivity contribution >= 4 is 5.91 Å². The van der Waals surface area contributed by atoms with Gasteiger partial charge in [0.25, 0.3) is 5.91 Å². The fourth-order valence-electron chi connectivity index (χ4n) is 2.87. The van der Waals surface area contributed by atoms with Crippen LogP contribution in [0.3, 0.4) is 0 Å². The number of carbonyl (C=O) groups excluding carboxylic acids is 1. The summed E-state index contributed by atoms with van der Waals surface area (Å²) in [5, 5.41) is 16.4. The Balaban J connectivity index is 1.86. The van der Waals surface area contributed by atoms with Gasteiger partial charge >= 0.3 is 0 Å². The zero-order valence-electron chi connectivity index (χ0n) is 12.5. The summed E-state index contributed by atoms with van der Waals surface area (Å²) in [6.45, 7) is 0.673. The Hall–Kier alpha value is -2.34. The van der Waals surface area contributed by atoms with Gasteiger partial charge in [-0.2, -0.15) is 5.10 Å². The third-order valence-corrected chi connectivity index (χ3v) is 4.04. The summed E-state index contributed by atoms with van der Waals surface area (Å²) in [4.78, 5) is 14.2. The maximum Gasteiger partial charge on any atom is 0.272 e. The van der Waals surface area contributed by atoms with E-state index < -0.39 is 0 Å². The Morgan fingerprint density at radius 2 is 2.32 bits per heavy atom. The first-order chi connectivity index (χ1) is 10.7. The summed E-state index contributed by atoms with van der Waals surface area (Å²) < 4.78 is 5.32. The summed E-state index contributed by atoms with van der Waals surface area (Å²) in [7, 11) is 1.60. The van der Waals surface area contributed by atoms with E-state index in [4.69, 9.17) is 4.74 Å². The first-order valence-electron chi connectivity index (χ1n) is 7.35. The number of ether oxygens (including phenoxy) is 1. The number of hydrogen-bond acceptors (Lipinski definition) is 4. The van der Waals surface area contributed by atoms with E-state index >= 15 is 0 Å². The Morgan fingerprint density at radius 1 is 1.50 bits per heavy atom. The standard InChI is InChI=1S/C16H19N3O3/c1-22-15-7-3-2-6-12(15)13-9-14(18-17-13)16(21)19-8-4-5-11(19)10-20/h2-3,6-7,9,11,20H,4-5,8,10H2,1H3,(H,17,18). The fraction of sp³-hybridized carbons (Fsp3) is 0.375. The normalized spacial score (nSPS) is 17.7. The molecule has 2 N–H and O–H groups in total. The predicted molar refractivity (Wildman–Crippen MR) is 81.7 cm³/mol. The average molecular weight is 301 g/mol. The predicted octanol–water partition coefficient (Wildman–Crippen LogP) is 1.68. The van der Waals surface area contributed by atoms with Gasteiger partial charge in [-0.25, -0.2) is 0 Å². The number of nitrogens with zero attached hydrogens (tertiary/aromatic N) is 2. The number of nitrogens with one attached hydrogen (secondary N) is 1. The largest absolute Gasteiger partial charge is 0.496 e. The highest BCUT2D eigenvalue weighted by Crippen LogP contribution is 2.29. The smallest absolute Gasteiger partial charge is 0.272 e. The molecule has 2 aromatic rings. The molecule has 3 rings (SSSR count). The van der Waals surface area contributed by atoms with Crippen molar-refractivity contribution < 1.29 is 14.6 Å². The van der Waals surface area contributed by atoms with E-state index in [9.17, 15) is 9.90 Å². The highest BCUT2D eigenvalue weighted by molar-refractivity contribution is 5.94. The van der Waals surface area contributed by atoms with Gasteiger partial charge in [0.2, 0.25) is 0 Å². The number of benzene rings is 1. The molecular weight excluding hydrogens is 282 g/mol. The summed E-state index contributed by atoms with van der Waals surface area (Å²) in [6, 6.07) is 9.18. The number of carbonyl (C=O) groups is 1. The van der Waals surface area contributed by atoms with Crippen LogP contribution in [0.15, 0.2) is 30.3 Å². The zero-order chi connectivity index (χ0) is 15.5. The van der Waals surface area contributed by atoms with Crippen molar-refractivity contribution in [3.63, 3.8) is 0 Å². The number of methoxy groups -OCH3 is 1. The van der Waals surface area contributed by atoms with Crippen LogP contribution in [0.2, 0.25) is 0 Å². The van der Waals surface area contributed by atoms with Gasteiger partial charge in [-0.1, -0.05) is 12.1 Å². The molecule has 6 nitrogen and oxygen atoms in total. The molecule has 1 aliphatic rings. The van der Waals surface area contributed by atoms with Gasteiger partial charge < -0.3 is 14.7 Å². The van der Waals surface area contributed by atoms with Crippen LogP contribution in [0.1, 0.15) is 23.3 Å². The van der Waals surface area contributed by atoms with Crippen LogP contribution in [0.25, 0.3) is 11.3 Å². The molecule has 0 radical (unpaired) electrons. The van der Waals surface area contributed by atoms with E-state index in [0.717, 1.165) is 18.4 Å². The van der Waals surface area contributed by atoms with E-state index in [2.05, 4.69) is 10.2 Å². The van der Waals surface area contributed by atoms with Crippen LogP contribution < -0.4 is 4.74 Å². The molecule has 1 fully saturated rings. The number of amides is 1. The number of hydrogen-bond donors (Lipinski definition) is 2. The number of aliphatic hydroxyl groups is 1. The van der Waals surface area contributed by atoms with E-state index in [1.54, 1.807) is 18.1 Å². The van der Waals surface area contributed by atoms with Crippen LogP contribution in [0.5, 0.6) is 5.75 Å². The molecule has 1 unspecified atom stereocenters. The number of rotatable bonds is 4. The molecule has 0 bridgehead atoms. The number of aromatic amines is 1. The van der Waals surface area contributed by atoms with Gasteiger partial charge in [-0.05, 0) is 31.0 Å². The highest BCUT2D eigenvalue weighted by atomic mass is 16.5. The van der Waals surface area contributed by atoms with Crippen molar-refractivity contribution in [1.82, 2.24) is 15.1 Å². The van der Waals surface area contributed by atoms with Crippen LogP contribution >= 0.6 is 0 Å². The van der Waals surface area contributed by atoms with Crippen LogP contribution in [-0.2, 0) is 0 Å². The Labute approximate surface area is 128 Å². The van der Waals surface area contributed by atoms with Gasteiger partial charge in [-0.15, -0.1) is 0 Å². The van der Waals surface area contributed by atoms with E-state index in [-0.39, 0.29) is 18.6 Å². The molecule has 116 valence electrons. The first-order valence-corrected chi connectivity index (χ1v) is 7.35. The lowest BCUT2D eigenvalue weighted by molar-refractivity contribution is 0.0671. The zero-order valence-corrected chi connectivity index (χ0v) is 12.5. The average Bonchev–Trinajstić information content (AvgIpc) is 3.23. The van der Waals surface area contributed by atoms with E-state index in [1.165, 1.54) is 0 Å². The summed E-state index contributed by atoms with van der Waals surface area (Å²) in [5.41, 5.74) is 1.93. The van der Waals surface area contributed by atoms with E-state index in [0.29, 0.717) is 23.7 Å².